The van der Waals surface area contributed by atoms with Gasteiger partial charge >= 0.3 is 12.1 Å². The molecule has 2 heterocycles. The number of methoxy groups -OCH3 is 2. The number of hydrogen-bond donors (Lipinski definition) is 3. The number of hydrogen-bond acceptors (Lipinski definition) is 7. The molecule has 0 aromatic rings. The molecular formula is C24H40BrN3O6. The van der Waals surface area contributed by atoms with Gasteiger partial charge in [-0.05, 0) is 60.4 Å². The fraction of sp³-hybridized carbons (Fsp3) is 0.542. The number of amides is 1. The Hall–Kier alpha value is -2.79. The quantitative estimate of drug-likeness (QED) is 0.280. The van der Waals surface area contributed by atoms with Crippen LogP contribution in [0.3, 0.4) is 0 Å². The second-order valence-corrected chi connectivity index (χ2v) is 7.80. The lowest BCUT2D eigenvalue weighted by atomic mass is 10.2. The summed E-state index contributed by atoms with van der Waals surface area (Å²) in [5.74, 6) is 0.148. The molecule has 194 valence electrons. The van der Waals surface area contributed by atoms with Gasteiger partial charge < -0.3 is 30.0 Å². The van der Waals surface area contributed by atoms with Crippen molar-refractivity contribution in [2.24, 2.45) is 5.92 Å². The van der Waals surface area contributed by atoms with E-state index in [0.717, 1.165) is 29.9 Å². The van der Waals surface area contributed by atoms with Crippen molar-refractivity contribution in [1.29, 1.82) is 0 Å². The summed E-state index contributed by atoms with van der Waals surface area (Å²) in [6.07, 6.45) is 23.6. The van der Waals surface area contributed by atoms with E-state index in [0.29, 0.717) is 6.29 Å². The van der Waals surface area contributed by atoms with E-state index in [-0.39, 0.29) is 18.8 Å². The number of rotatable bonds is 4. The van der Waals surface area contributed by atoms with E-state index in [1.807, 2.05) is 30.2 Å². The van der Waals surface area contributed by atoms with E-state index in [2.05, 4.69) is 77.8 Å². The van der Waals surface area contributed by atoms with Gasteiger partial charge in [-0.3, -0.25) is 9.69 Å². The summed E-state index contributed by atoms with van der Waals surface area (Å²) in [4.78, 5) is 31.9. The number of likely N-dealkylation sites (N-methyl/N-ethyl adjacent to an activating group) is 1. The van der Waals surface area contributed by atoms with Gasteiger partial charge in [0.15, 0.2) is 0 Å². The van der Waals surface area contributed by atoms with Crippen LogP contribution in [0.5, 0.6) is 0 Å². The summed E-state index contributed by atoms with van der Waals surface area (Å²) in [6, 6.07) is -0.218. The molecule has 10 heteroatoms. The number of likely N-dealkylation sites (tertiary alicyclic amines) is 1. The third kappa shape index (κ3) is 27.2. The Balaban J connectivity index is -0.000000173. The fourth-order valence-corrected chi connectivity index (χ4v) is 2.41. The molecule has 2 rings (SSSR count). The average molecular weight is 547 g/mol. The van der Waals surface area contributed by atoms with Gasteiger partial charge in [0, 0.05) is 7.11 Å². The van der Waals surface area contributed by atoms with E-state index in [9.17, 15) is 14.4 Å². The van der Waals surface area contributed by atoms with Gasteiger partial charge in [-0.1, -0.05) is 26.8 Å². The van der Waals surface area contributed by atoms with Crippen LogP contribution in [0.1, 0.15) is 33.6 Å². The van der Waals surface area contributed by atoms with Crippen molar-refractivity contribution in [3.05, 3.63) is 22.8 Å². The van der Waals surface area contributed by atoms with E-state index < -0.39 is 12.1 Å². The van der Waals surface area contributed by atoms with Crippen molar-refractivity contribution in [3.63, 3.8) is 0 Å². The normalized spacial score (nSPS) is 17.2. The maximum Gasteiger partial charge on any atom is 0.407 e. The first-order valence-electron chi connectivity index (χ1n) is 10.3. The molecule has 2 aliphatic heterocycles. The number of halogens is 1. The highest BCUT2D eigenvalue weighted by atomic mass is 79.9. The minimum absolute atomic E-state index is 0.00662. The summed E-state index contributed by atoms with van der Waals surface area (Å²) in [5, 5.41) is 13.7. The molecule has 1 saturated heterocycles. The molecule has 9 nitrogen and oxygen atoms in total. The molecule has 0 aromatic carbocycles. The van der Waals surface area contributed by atoms with Gasteiger partial charge in [0.2, 0.25) is 0 Å². The Morgan fingerprint density at radius 1 is 1.29 bits per heavy atom. The van der Waals surface area contributed by atoms with E-state index in [1.165, 1.54) is 7.11 Å². The fourth-order valence-electron chi connectivity index (χ4n) is 2.03. The molecule has 1 amide bonds. The number of aliphatic carboxylic acids is 1. The highest BCUT2D eigenvalue weighted by Gasteiger charge is 2.26. The number of carboxylic acids is 1. The van der Waals surface area contributed by atoms with Crippen LogP contribution in [0.2, 0.25) is 0 Å². The Kier molecular flexibility index (Phi) is 32.0. The number of ether oxygens (including phenoxy) is 2. The standard InChI is InChI=1S/C6H8BrNO.C6H11NO2.C4H7NO3.C4H10.2C2H2/c1-9-6-4-2-3-5(7)8-6;1-7-4-2-3-5(7)6(8)9;1-8-4(7)5-2-3-6;1-4(2)3;2*1-2/h2-4,6,8H,1H3;5H,2-4H2,1H3,(H,8,9);3H,2H2,1H3,(H,5,7);4H,1-3H3;2*1-2H/t;5-;;;;/m.0..../s1. The largest absolute Gasteiger partial charge is 0.480 e. The van der Waals surface area contributed by atoms with Gasteiger partial charge in [0.1, 0.15) is 18.6 Å². The maximum absolute atomic E-state index is 10.4. The molecule has 0 saturated carbocycles. The number of dihydropyridines is 1. The molecule has 0 spiro atoms. The molecule has 2 aliphatic rings. The van der Waals surface area contributed by atoms with Crippen LogP contribution < -0.4 is 10.6 Å². The zero-order valence-electron chi connectivity index (χ0n) is 21.0. The lowest BCUT2D eigenvalue weighted by Crippen LogP contribution is -2.32. The van der Waals surface area contributed by atoms with Crippen molar-refractivity contribution >= 4 is 34.3 Å². The zero-order chi connectivity index (χ0) is 27.5. The maximum atomic E-state index is 10.4. The third-order valence-corrected chi connectivity index (χ3v) is 3.88. The Morgan fingerprint density at radius 3 is 2.09 bits per heavy atom. The van der Waals surface area contributed by atoms with Gasteiger partial charge in [-0.2, -0.15) is 0 Å². The van der Waals surface area contributed by atoms with Crippen molar-refractivity contribution in [1.82, 2.24) is 15.5 Å². The third-order valence-electron chi connectivity index (χ3n) is 3.38. The second kappa shape index (κ2) is 28.2. The molecule has 3 N–H and O–H groups in total. The average Bonchev–Trinajstić information content (AvgIpc) is 3.26. The lowest BCUT2D eigenvalue weighted by Gasteiger charge is -2.15. The van der Waals surface area contributed by atoms with Gasteiger partial charge in [0.05, 0.1) is 18.3 Å². The van der Waals surface area contributed by atoms with Crippen LogP contribution in [0, 0.1) is 31.6 Å². The highest BCUT2D eigenvalue weighted by Crippen LogP contribution is 2.13. The topological polar surface area (TPSA) is 117 Å². The van der Waals surface area contributed by atoms with E-state index in [1.54, 1.807) is 7.11 Å². The number of nitrogens with one attached hydrogen (secondary N) is 2. The van der Waals surface area contributed by atoms with E-state index >= 15 is 0 Å². The number of nitrogens with zero attached hydrogens (tertiary/aromatic N) is 1. The number of aldehydes is 1. The van der Waals surface area contributed by atoms with E-state index in [4.69, 9.17) is 9.84 Å². The minimum atomic E-state index is -0.685. The molecule has 0 radical (unpaired) electrons. The van der Waals surface area contributed by atoms with Crippen molar-refractivity contribution in [3.8, 4) is 25.7 Å². The Morgan fingerprint density at radius 2 is 1.82 bits per heavy atom. The van der Waals surface area contributed by atoms with Crippen molar-refractivity contribution in [2.45, 2.75) is 45.9 Å². The summed E-state index contributed by atoms with van der Waals surface area (Å²) in [7, 11) is 4.75. The number of terminal acetylenes is 2. The SMILES string of the molecule is C#C.C#C.CC(C)C.CN1CCC[C@H]1C(=O)O.COC(=O)NCC=O.COC1C=CC=C(Br)N1. The van der Waals surface area contributed by atoms with Crippen LogP contribution in [0.4, 0.5) is 4.79 Å². The number of carbonyl (C=O) groups is 3. The first-order chi connectivity index (χ1) is 16.1. The van der Waals surface area contributed by atoms with Crippen LogP contribution >= 0.6 is 15.9 Å². The van der Waals surface area contributed by atoms with Gasteiger partial charge in [-0.15, -0.1) is 25.7 Å². The smallest absolute Gasteiger partial charge is 0.407 e. The molecule has 1 unspecified atom stereocenters. The lowest BCUT2D eigenvalue weighted by molar-refractivity contribution is -0.141. The molecule has 0 aromatic heterocycles. The summed E-state index contributed by atoms with van der Waals surface area (Å²) < 4.78 is 10.1. The second-order valence-electron chi connectivity index (χ2n) is 6.95. The number of carbonyl (C=O) groups excluding carboxylic acids is 2. The molecule has 2 atom stereocenters. The minimum Gasteiger partial charge on any atom is -0.480 e. The predicted octanol–water partition coefficient (Wildman–Crippen LogP) is 3.22. The molecular weight excluding hydrogens is 506 g/mol. The monoisotopic (exact) mass is 545 g/mol. The first kappa shape index (κ1) is 38.5. The number of allylic oxidation sites excluding steroid dienone is 2. The molecule has 0 bridgehead atoms. The summed E-state index contributed by atoms with van der Waals surface area (Å²) in [6.45, 7) is 7.43. The predicted molar refractivity (Wildman–Crippen MR) is 140 cm³/mol. The van der Waals surface area contributed by atoms with Crippen LogP contribution in [0.25, 0.3) is 0 Å². The molecule has 0 aliphatic carbocycles. The molecule has 1 fully saturated rings. The molecule has 34 heavy (non-hydrogen) atoms. The van der Waals surface area contributed by atoms with Gasteiger partial charge in [0.25, 0.3) is 0 Å². The van der Waals surface area contributed by atoms with Crippen LogP contribution in [-0.4, -0.2) is 75.0 Å². The number of carboxylic acid groups (broad SMARTS) is 1. The number of alkyl carbamates (subject to hydrolysis) is 1. The summed E-state index contributed by atoms with van der Waals surface area (Å²) in [5.41, 5.74) is 0. The Labute approximate surface area is 213 Å². The van der Waals surface area contributed by atoms with Crippen LogP contribution in [-0.2, 0) is 19.1 Å². The Bertz CT molecular complexity index is 624. The van der Waals surface area contributed by atoms with Crippen molar-refractivity contribution in [2.75, 3.05) is 34.4 Å². The summed E-state index contributed by atoms with van der Waals surface area (Å²) >= 11 is 3.29. The van der Waals surface area contributed by atoms with Gasteiger partial charge in [-0.25, -0.2) is 4.79 Å². The first-order valence-corrected chi connectivity index (χ1v) is 11.1. The highest BCUT2D eigenvalue weighted by molar-refractivity contribution is 9.11. The zero-order valence-corrected chi connectivity index (χ0v) is 22.6. The van der Waals surface area contributed by atoms with Crippen LogP contribution in [0.15, 0.2) is 22.8 Å². The van der Waals surface area contributed by atoms with Crippen molar-refractivity contribution < 1.29 is 29.0 Å².